The molecule has 1 N–H and O–H groups in total. The number of amides is 2. The summed E-state index contributed by atoms with van der Waals surface area (Å²) in [5, 5.41) is 2.92. The molecule has 2 rings (SSSR count). The van der Waals surface area contributed by atoms with Crippen LogP contribution < -0.4 is 9.62 Å². The normalized spacial score (nSPS) is 12.3. The molecular weight excluding hydrogens is 474 g/mol. The van der Waals surface area contributed by atoms with Crippen LogP contribution in [0.3, 0.4) is 0 Å². The summed E-state index contributed by atoms with van der Waals surface area (Å²) in [6.07, 6.45) is 2.31. The van der Waals surface area contributed by atoms with E-state index in [1.807, 2.05) is 76.2 Å². The van der Waals surface area contributed by atoms with Gasteiger partial charge in [0.05, 0.1) is 11.9 Å². The lowest BCUT2D eigenvalue weighted by Crippen LogP contribution is -2.49. The molecule has 0 aliphatic rings. The van der Waals surface area contributed by atoms with Gasteiger partial charge in [-0.1, -0.05) is 50.2 Å². The molecule has 0 aliphatic carbocycles. The van der Waals surface area contributed by atoms with Crippen molar-refractivity contribution in [2.75, 3.05) is 30.2 Å². The summed E-state index contributed by atoms with van der Waals surface area (Å²) in [5.41, 5.74) is 3.64. The predicted octanol–water partition coefficient (Wildman–Crippen LogP) is 4.08. The third-order valence-corrected chi connectivity index (χ3v) is 7.18. The summed E-state index contributed by atoms with van der Waals surface area (Å²) in [5.74, 6) is -0.0352. The largest absolute Gasteiger partial charge is 0.354 e. The van der Waals surface area contributed by atoms with Gasteiger partial charge in [-0.2, -0.15) is 0 Å². The van der Waals surface area contributed by atoms with Crippen LogP contribution in [0.4, 0.5) is 5.69 Å². The number of carbonyl (C=O) groups excluding carboxylic acids is 2. The van der Waals surface area contributed by atoms with Crippen LogP contribution in [0, 0.1) is 19.8 Å². The van der Waals surface area contributed by atoms with E-state index in [9.17, 15) is 18.0 Å². The van der Waals surface area contributed by atoms with E-state index in [1.165, 1.54) is 10.6 Å². The second-order valence-corrected chi connectivity index (χ2v) is 11.8. The van der Waals surface area contributed by atoms with E-state index in [0.29, 0.717) is 37.5 Å². The number of anilines is 1. The van der Waals surface area contributed by atoms with E-state index in [4.69, 9.17) is 0 Å². The number of rotatable bonds is 13. The van der Waals surface area contributed by atoms with Crippen LogP contribution in [0.2, 0.25) is 0 Å². The van der Waals surface area contributed by atoms with Crippen LogP contribution in [0.1, 0.15) is 50.3 Å². The average molecular weight is 516 g/mol. The lowest BCUT2D eigenvalue weighted by atomic mass is 10.1. The molecule has 0 aliphatic heterocycles. The molecular formula is C28H41N3O4S. The Labute approximate surface area is 216 Å². The van der Waals surface area contributed by atoms with Crippen LogP contribution in [-0.4, -0.2) is 57.1 Å². The van der Waals surface area contributed by atoms with Gasteiger partial charge >= 0.3 is 0 Å². The van der Waals surface area contributed by atoms with Crippen molar-refractivity contribution < 1.29 is 18.0 Å². The van der Waals surface area contributed by atoms with Gasteiger partial charge in [-0.15, -0.1) is 0 Å². The monoisotopic (exact) mass is 515 g/mol. The van der Waals surface area contributed by atoms with E-state index in [2.05, 4.69) is 5.32 Å². The summed E-state index contributed by atoms with van der Waals surface area (Å²) < 4.78 is 26.4. The van der Waals surface area contributed by atoms with E-state index in [-0.39, 0.29) is 24.8 Å². The number of sulfonamides is 1. The molecule has 198 valence electrons. The van der Waals surface area contributed by atoms with Crippen molar-refractivity contribution in [3.63, 3.8) is 0 Å². The minimum Gasteiger partial charge on any atom is -0.354 e. The zero-order valence-corrected chi connectivity index (χ0v) is 23.3. The summed E-state index contributed by atoms with van der Waals surface area (Å²) >= 11 is 0. The molecule has 0 fully saturated rings. The highest BCUT2D eigenvalue weighted by molar-refractivity contribution is 7.92. The van der Waals surface area contributed by atoms with Crippen LogP contribution >= 0.6 is 0 Å². The van der Waals surface area contributed by atoms with Crippen molar-refractivity contribution in [3.05, 3.63) is 65.2 Å². The van der Waals surface area contributed by atoms with Gasteiger partial charge in [0, 0.05) is 26.1 Å². The Hall–Kier alpha value is -2.87. The zero-order valence-electron chi connectivity index (χ0n) is 22.5. The SMILES string of the molecule is Cc1cc(C)cc(N(CCCC(=O)N(CCc2ccccc2)[C@@H](C)C(=O)NCC(C)C)S(C)(=O)=O)c1. The first-order valence-electron chi connectivity index (χ1n) is 12.6. The van der Waals surface area contributed by atoms with Crippen molar-refractivity contribution in [1.82, 2.24) is 10.2 Å². The van der Waals surface area contributed by atoms with Gasteiger partial charge < -0.3 is 10.2 Å². The number of hydrogen-bond acceptors (Lipinski definition) is 4. The maximum absolute atomic E-state index is 13.3. The van der Waals surface area contributed by atoms with Gasteiger partial charge in [0.2, 0.25) is 21.8 Å². The molecule has 0 radical (unpaired) electrons. The lowest BCUT2D eigenvalue weighted by Gasteiger charge is -2.29. The lowest BCUT2D eigenvalue weighted by molar-refractivity contribution is -0.140. The number of benzene rings is 2. The molecule has 36 heavy (non-hydrogen) atoms. The molecule has 0 saturated heterocycles. The van der Waals surface area contributed by atoms with Gasteiger partial charge in [0.1, 0.15) is 6.04 Å². The minimum atomic E-state index is -3.52. The summed E-state index contributed by atoms with van der Waals surface area (Å²) in [4.78, 5) is 27.7. The fourth-order valence-electron chi connectivity index (χ4n) is 4.12. The van der Waals surface area contributed by atoms with E-state index in [1.54, 1.807) is 11.8 Å². The molecule has 2 aromatic carbocycles. The van der Waals surface area contributed by atoms with Crippen LogP contribution in [0.5, 0.6) is 0 Å². The smallest absolute Gasteiger partial charge is 0.242 e. The summed E-state index contributed by atoms with van der Waals surface area (Å²) in [7, 11) is -3.52. The van der Waals surface area contributed by atoms with Crippen molar-refractivity contribution in [3.8, 4) is 0 Å². The topological polar surface area (TPSA) is 86.8 Å². The number of hydrogen-bond donors (Lipinski definition) is 1. The molecule has 0 heterocycles. The first-order chi connectivity index (χ1) is 16.9. The maximum atomic E-state index is 13.3. The molecule has 8 heteroatoms. The van der Waals surface area contributed by atoms with E-state index >= 15 is 0 Å². The second-order valence-electron chi connectivity index (χ2n) is 9.92. The fourth-order valence-corrected chi connectivity index (χ4v) is 5.07. The summed E-state index contributed by atoms with van der Waals surface area (Å²) in [6.45, 7) is 10.8. The Morgan fingerprint density at radius 3 is 2.11 bits per heavy atom. The van der Waals surface area contributed by atoms with Crippen molar-refractivity contribution >= 4 is 27.5 Å². The van der Waals surface area contributed by atoms with Gasteiger partial charge in [-0.3, -0.25) is 13.9 Å². The highest BCUT2D eigenvalue weighted by Crippen LogP contribution is 2.22. The molecule has 2 amide bonds. The molecule has 0 unspecified atom stereocenters. The molecule has 7 nitrogen and oxygen atoms in total. The number of nitrogens with zero attached hydrogens (tertiary/aromatic N) is 2. The molecule has 1 atom stereocenters. The zero-order chi connectivity index (χ0) is 26.9. The number of nitrogens with one attached hydrogen (secondary N) is 1. The molecule has 0 bridgehead atoms. The Balaban J connectivity index is 2.12. The van der Waals surface area contributed by atoms with Crippen LogP contribution in [0.25, 0.3) is 0 Å². The fraction of sp³-hybridized carbons (Fsp3) is 0.500. The first-order valence-corrected chi connectivity index (χ1v) is 14.4. The van der Waals surface area contributed by atoms with Crippen molar-refractivity contribution in [2.24, 2.45) is 5.92 Å². The molecule has 0 saturated carbocycles. The Morgan fingerprint density at radius 1 is 0.944 bits per heavy atom. The van der Waals surface area contributed by atoms with Gasteiger partial charge in [0.25, 0.3) is 0 Å². The number of aryl methyl sites for hydroxylation is 2. The van der Waals surface area contributed by atoms with Crippen molar-refractivity contribution in [2.45, 2.75) is 59.9 Å². The highest BCUT2D eigenvalue weighted by atomic mass is 32.2. The third-order valence-electron chi connectivity index (χ3n) is 5.98. The molecule has 2 aromatic rings. The van der Waals surface area contributed by atoms with Gasteiger partial charge in [-0.05, 0) is 68.4 Å². The van der Waals surface area contributed by atoms with Crippen molar-refractivity contribution in [1.29, 1.82) is 0 Å². The Bertz CT molecular complexity index is 1100. The third kappa shape index (κ3) is 9.30. The highest BCUT2D eigenvalue weighted by Gasteiger charge is 2.26. The Morgan fingerprint density at radius 2 is 1.56 bits per heavy atom. The predicted molar refractivity (Wildman–Crippen MR) is 147 cm³/mol. The average Bonchev–Trinajstić information content (AvgIpc) is 2.79. The minimum absolute atomic E-state index is 0.146. The van der Waals surface area contributed by atoms with E-state index in [0.717, 1.165) is 16.7 Å². The molecule has 0 aromatic heterocycles. The maximum Gasteiger partial charge on any atom is 0.242 e. The summed E-state index contributed by atoms with van der Waals surface area (Å²) in [6, 6.07) is 14.9. The number of carbonyl (C=O) groups is 2. The second kappa shape index (κ2) is 13.4. The van der Waals surface area contributed by atoms with Gasteiger partial charge in [-0.25, -0.2) is 8.42 Å². The van der Waals surface area contributed by atoms with Crippen LogP contribution in [-0.2, 0) is 26.0 Å². The Kier molecular flexibility index (Phi) is 11.0. The standard InChI is InChI=1S/C28H41N3O4S/c1-21(2)20-29-28(33)24(5)30(16-14-25-11-8-7-9-12-25)27(32)13-10-15-31(36(6,34)35)26-18-22(3)17-23(4)19-26/h7-9,11-12,17-19,21,24H,10,13-16,20H2,1-6H3,(H,29,33)/t24-/m0/s1. The quantitative estimate of drug-likeness (QED) is 0.436. The molecule has 0 spiro atoms. The van der Waals surface area contributed by atoms with Crippen LogP contribution in [0.15, 0.2) is 48.5 Å². The van der Waals surface area contributed by atoms with E-state index < -0.39 is 16.1 Å². The van der Waals surface area contributed by atoms with Gasteiger partial charge in [0.15, 0.2) is 0 Å². The first kappa shape index (κ1) is 29.4.